The molecule has 1 aliphatic rings. The van der Waals surface area contributed by atoms with Gasteiger partial charge >= 0.3 is 0 Å². The average Bonchev–Trinajstić information content (AvgIpc) is 2.81. The molecule has 0 unspecified atom stereocenters. The SMILES string of the molecule is Clc1ccc(Cc2nn(-c3cccc(Cl)c3Cl)c3c2CCCCN3)c(Cl)c1. The molecule has 7 heteroatoms. The molecule has 0 fully saturated rings. The molecular weight excluding hydrogens is 424 g/mol. The van der Waals surface area contributed by atoms with E-state index in [0.717, 1.165) is 48.6 Å². The molecule has 1 aromatic heterocycles. The van der Waals surface area contributed by atoms with Crippen molar-refractivity contribution in [2.45, 2.75) is 25.7 Å². The highest BCUT2D eigenvalue weighted by molar-refractivity contribution is 6.43. The first kappa shape index (κ1) is 18.9. The number of anilines is 1. The van der Waals surface area contributed by atoms with Gasteiger partial charge in [0.05, 0.1) is 21.4 Å². The Morgan fingerprint density at radius 1 is 1.00 bits per heavy atom. The van der Waals surface area contributed by atoms with Crippen molar-refractivity contribution in [3.63, 3.8) is 0 Å². The summed E-state index contributed by atoms with van der Waals surface area (Å²) in [5.74, 6) is 0.983. The minimum absolute atomic E-state index is 0.492. The largest absolute Gasteiger partial charge is 0.370 e. The summed E-state index contributed by atoms with van der Waals surface area (Å²) in [7, 11) is 0. The van der Waals surface area contributed by atoms with Crippen LogP contribution in [0.1, 0.15) is 29.7 Å². The highest BCUT2D eigenvalue weighted by Gasteiger charge is 2.22. The van der Waals surface area contributed by atoms with Crippen LogP contribution < -0.4 is 5.32 Å². The number of aromatic nitrogens is 2. The molecule has 140 valence electrons. The van der Waals surface area contributed by atoms with Gasteiger partial charge in [-0.25, -0.2) is 4.68 Å². The number of rotatable bonds is 3. The lowest BCUT2D eigenvalue weighted by Gasteiger charge is -2.11. The summed E-state index contributed by atoms with van der Waals surface area (Å²) in [6.45, 7) is 0.901. The average molecular weight is 441 g/mol. The minimum Gasteiger partial charge on any atom is -0.370 e. The van der Waals surface area contributed by atoms with E-state index in [2.05, 4.69) is 5.32 Å². The van der Waals surface area contributed by atoms with Gasteiger partial charge in [0.15, 0.2) is 0 Å². The van der Waals surface area contributed by atoms with Crippen LogP contribution in [0.5, 0.6) is 0 Å². The Balaban J connectivity index is 1.83. The van der Waals surface area contributed by atoms with Gasteiger partial charge < -0.3 is 5.32 Å². The second-order valence-corrected chi connectivity index (χ2v) is 8.18. The Labute approximate surface area is 178 Å². The Kier molecular flexibility index (Phi) is 5.56. The van der Waals surface area contributed by atoms with E-state index in [1.165, 1.54) is 5.56 Å². The highest BCUT2D eigenvalue weighted by atomic mass is 35.5. The highest BCUT2D eigenvalue weighted by Crippen LogP contribution is 2.35. The van der Waals surface area contributed by atoms with Gasteiger partial charge in [-0.15, -0.1) is 0 Å². The van der Waals surface area contributed by atoms with E-state index in [1.807, 2.05) is 28.9 Å². The summed E-state index contributed by atoms with van der Waals surface area (Å²) < 4.78 is 1.87. The van der Waals surface area contributed by atoms with E-state index in [-0.39, 0.29) is 0 Å². The van der Waals surface area contributed by atoms with Gasteiger partial charge in [-0.3, -0.25) is 0 Å². The van der Waals surface area contributed by atoms with E-state index in [9.17, 15) is 0 Å². The maximum absolute atomic E-state index is 6.47. The number of halogens is 4. The molecule has 1 aliphatic heterocycles. The van der Waals surface area contributed by atoms with Crippen LogP contribution in [0.2, 0.25) is 20.1 Å². The third kappa shape index (κ3) is 3.79. The van der Waals surface area contributed by atoms with Crippen LogP contribution in [0.4, 0.5) is 5.82 Å². The zero-order valence-corrected chi connectivity index (χ0v) is 17.4. The first-order valence-corrected chi connectivity index (χ1v) is 10.3. The molecule has 27 heavy (non-hydrogen) atoms. The zero-order valence-electron chi connectivity index (χ0n) is 14.4. The number of nitrogens with one attached hydrogen (secondary N) is 1. The van der Waals surface area contributed by atoms with Crippen LogP contribution in [0, 0.1) is 0 Å². The molecule has 0 radical (unpaired) electrons. The standard InChI is InChI=1S/C20H17Cl4N3/c21-13-8-7-12(16(23)11-13)10-17-14-4-1-2-9-25-20(14)27(26-17)18-6-3-5-15(22)19(18)24/h3,5-8,11,25H,1-2,4,9-10H2. The van der Waals surface area contributed by atoms with E-state index in [4.69, 9.17) is 51.5 Å². The van der Waals surface area contributed by atoms with Crippen molar-refractivity contribution < 1.29 is 0 Å². The molecule has 0 bridgehead atoms. The van der Waals surface area contributed by atoms with Gasteiger partial charge in [0.25, 0.3) is 0 Å². The van der Waals surface area contributed by atoms with Gasteiger partial charge in [-0.05, 0) is 49.1 Å². The molecule has 4 rings (SSSR count). The Hall–Kier alpha value is -1.39. The van der Waals surface area contributed by atoms with Crippen molar-refractivity contribution >= 4 is 52.2 Å². The van der Waals surface area contributed by atoms with Crippen molar-refractivity contribution in [2.75, 3.05) is 11.9 Å². The molecule has 0 saturated heterocycles. The molecule has 3 aromatic rings. The first-order valence-electron chi connectivity index (χ1n) is 8.77. The molecule has 0 aliphatic carbocycles. The van der Waals surface area contributed by atoms with Crippen LogP contribution in [0.25, 0.3) is 5.69 Å². The number of hydrogen-bond donors (Lipinski definition) is 1. The minimum atomic E-state index is 0.492. The summed E-state index contributed by atoms with van der Waals surface area (Å²) in [4.78, 5) is 0. The molecule has 0 spiro atoms. The molecule has 3 nitrogen and oxygen atoms in total. The molecule has 2 aromatic carbocycles. The normalized spacial score (nSPS) is 13.8. The monoisotopic (exact) mass is 439 g/mol. The predicted octanol–water partition coefficient (Wildman–Crippen LogP) is 6.82. The number of fused-ring (bicyclic) bond motifs is 1. The van der Waals surface area contributed by atoms with Crippen molar-refractivity contribution in [2.24, 2.45) is 0 Å². The summed E-state index contributed by atoms with van der Waals surface area (Å²) in [5, 5.41) is 10.7. The Morgan fingerprint density at radius 2 is 1.85 bits per heavy atom. The van der Waals surface area contributed by atoms with Crippen LogP contribution in [-0.2, 0) is 12.8 Å². The summed E-state index contributed by atoms with van der Waals surface area (Å²) >= 11 is 25.1. The van der Waals surface area contributed by atoms with Crippen LogP contribution in [0.15, 0.2) is 36.4 Å². The fourth-order valence-electron chi connectivity index (χ4n) is 3.39. The zero-order chi connectivity index (χ0) is 19.0. The maximum atomic E-state index is 6.47. The maximum Gasteiger partial charge on any atom is 0.133 e. The van der Waals surface area contributed by atoms with Crippen LogP contribution >= 0.6 is 46.4 Å². The number of nitrogens with zero attached hydrogens (tertiary/aromatic N) is 2. The van der Waals surface area contributed by atoms with Crippen LogP contribution in [0.3, 0.4) is 0 Å². The lowest BCUT2D eigenvalue weighted by atomic mass is 10.0. The van der Waals surface area contributed by atoms with Gasteiger partial charge in [0, 0.05) is 28.6 Å². The lowest BCUT2D eigenvalue weighted by molar-refractivity contribution is 0.767. The lowest BCUT2D eigenvalue weighted by Crippen LogP contribution is -2.07. The third-order valence-electron chi connectivity index (χ3n) is 4.75. The fraction of sp³-hybridized carbons (Fsp3) is 0.250. The summed E-state index contributed by atoms with van der Waals surface area (Å²) in [6.07, 6.45) is 3.81. The summed E-state index contributed by atoms with van der Waals surface area (Å²) in [5.41, 5.74) is 3.95. The molecular formula is C20H17Cl4N3. The molecule has 0 saturated carbocycles. The molecule has 2 heterocycles. The quantitative estimate of drug-likeness (QED) is 0.483. The number of hydrogen-bond acceptors (Lipinski definition) is 2. The van der Waals surface area contributed by atoms with Gasteiger partial charge in [-0.1, -0.05) is 58.5 Å². The number of benzene rings is 2. The molecule has 0 atom stereocenters. The first-order chi connectivity index (χ1) is 13.0. The van der Waals surface area contributed by atoms with E-state index < -0.39 is 0 Å². The predicted molar refractivity (Wildman–Crippen MR) is 114 cm³/mol. The topological polar surface area (TPSA) is 29.9 Å². The van der Waals surface area contributed by atoms with E-state index in [1.54, 1.807) is 12.1 Å². The second-order valence-electron chi connectivity index (χ2n) is 6.55. The fourth-order valence-corrected chi connectivity index (χ4v) is 4.24. The Bertz CT molecular complexity index is 997. The van der Waals surface area contributed by atoms with Gasteiger partial charge in [0.2, 0.25) is 0 Å². The van der Waals surface area contributed by atoms with Crippen molar-refractivity contribution in [3.05, 3.63) is 73.3 Å². The Morgan fingerprint density at radius 3 is 2.67 bits per heavy atom. The van der Waals surface area contributed by atoms with Gasteiger partial charge in [0.1, 0.15) is 5.82 Å². The molecule has 0 amide bonds. The van der Waals surface area contributed by atoms with Crippen molar-refractivity contribution in [3.8, 4) is 5.69 Å². The van der Waals surface area contributed by atoms with E-state index >= 15 is 0 Å². The molecule has 1 N–H and O–H groups in total. The summed E-state index contributed by atoms with van der Waals surface area (Å²) in [6, 6.07) is 11.1. The van der Waals surface area contributed by atoms with E-state index in [0.29, 0.717) is 26.5 Å². The van der Waals surface area contributed by atoms with Crippen molar-refractivity contribution in [1.82, 2.24) is 9.78 Å². The van der Waals surface area contributed by atoms with Gasteiger partial charge in [-0.2, -0.15) is 5.10 Å². The van der Waals surface area contributed by atoms with Crippen molar-refractivity contribution in [1.29, 1.82) is 0 Å². The van der Waals surface area contributed by atoms with Crippen LogP contribution in [-0.4, -0.2) is 16.3 Å². The third-order valence-corrected chi connectivity index (χ3v) is 6.14. The second kappa shape index (κ2) is 7.92. The smallest absolute Gasteiger partial charge is 0.133 e.